The molecule has 10 atom stereocenters. The smallest absolute Gasteiger partial charge is 0.156 e. The lowest BCUT2D eigenvalue weighted by Gasteiger charge is -2.35. The predicted molar refractivity (Wildman–Crippen MR) is 135 cm³/mol. The zero-order valence-corrected chi connectivity index (χ0v) is 21.8. The SMILES string of the molecule is CCCCC1CCCCCC1CCCC1CC(C2CC2C2CC23CCC(O)C(C(O)O)C3)CO1. The van der Waals surface area contributed by atoms with Crippen molar-refractivity contribution in [3.63, 3.8) is 0 Å². The topological polar surface area (TPSA) is 69.9 Å². The van der Waals surface area contributed by atoms with Gasteiger partial charge in [-0.15, -0.1) is 0 Å². The molecule has 4 nitrogen and oxygen atoms in total. The molecule has 5 rings (SSSR count). The van der Waals surface area contributed by atoms with Gasteiger partial charge in [0.1, 0.15) is 0 Å². The molecule has 1 saturated heterocycles. The molecule has 0 radical (unpaired) electrons. The van der Waals surface area contributed by atoms with Gasteiger partial charge in [0.05, 0.1) is 18.8 Å². The van der Waals surface area contributed by atoms with Crippen LogP contribution < -0.4 is 0 Å². The van der Waals surface area contributed by atoms with Gasteiger partial charge in [0.15, 0.2) is 6.29 Å². The quantitative estimate of drug-likeness (QED) is 0.265. The maximum atomic E-state index is 10.2. The van der Waals surface area contributed by atoms with Crippen LogP contribution in [0.25, 0.3) is 0 Å². The van der Waals surface area contributed by atoms with E-state index in [9.17, 15) is 15.3 Å². The van der Waals surface area contributed by atoms with Crippen molar-refractivity contribution in [1.82, 2.24) is 0 Å². The van der Waals surface area contributed by atoms with Gasteiger partial charge in [0.25, 0.3) is 0 Å². The van der Waals surface area contributed by atoms with Crippen LogP contribution in [0.3, 0.4) is 0 Å². The first-order valence-corrected chi connectivity index (χ1v) is 15.2. The molecule has 1 aliphatic heterocycles. The Kier molecular flexibility index (Phi) is 8.30. The lowest BCUT2D eigenvalue weighted by atomic mass is 9.75. The summed E-state index contributed by atoms with van der Waals surface area (Å²) in [5.41, 5.74) is 0.304. The first kappa shape index (κ1) is 25.5. The van der Waals surface area contributed by atoms with Gasteiger partial charge in [-0.25, -0.2) is 0 Å². The fraction of sp³-hybridized carbons (Fsp3) is 1.00. The Morgan fingerprint density at radius 3 is 2.38 bits per heavy atom. The minimum absolute atomic E-state index is 0.304. The summed E-state index contributed by atoms with van der Waals surface area (Å²) in [6.07, 6.45) is 20.7. The van der Waals surface area contributed by atoms with Crippen molar-refractivity contribution >= 4 is 0 Å². The standard InChI is InChI=1S/C30H52O4/c1-2-3-8-20-9-5-4-6-10-21(20)11-7-12-23-15-22(19-34-23)24-16-25(24)27-18-30(27)14-13-28(31)26(17-30)29(32)33/h20-29,31-33H,2-19H2,1H3. The van der Waals surface area contributed by atoms with Crippen molar-refractivity contribution in [3.05, 3.63) is 0 Å². The second kappa shape index (κ2) is 11.1. The molecule has 1 spiro atoms. The Labute approximate surface area is 208 Å². The third-order valence-corrected chi connectivity index (χ3v) is 11.2. The van der Waals surface area contributed by atoms with Crippen LogP contribution in [0, 0.1) is 46.8 Å². The van der Waals surface area contributed by atoms with E-state index in [0.717, 1.165) is 61.4 Å². The average Bonchev–Trinajstić information content (AvgIpc) is 3.72. The Balaban J connectivity index is 1.03. The first-order valence-electron chi connectivity index (χ1n) is 15.2. The molecular weight excluding hydrogens is 424 g/mol. The van der Waals surface area contributed by atoms with Crippen molar-refractivity contribution in [2.75, 3.05) is 6.61 Å². The maximum Gasteiger partial charge on any atom is 0.156 e. The lowest BCUT2D eigenvalue weighted by molar-refractivity contribution is -0.139. The molecular formula is C30H52O4. The third kappa shape index (κ3) is 5.71. The molecule has 5 fully saturated rings. The molecule has 4 aliphatic carbocycles. The van der Waals surface area contributed by atoms with Crippen molar-refractivity contribution in [2.24, 2.45) is 46.8 Å². The van der Waals surface area contributed by atoms with E-state index in [-0.39, 0.29) is 5.92 Å². The molecule has 3 N–H and O–H groups in total. The summed E-state index contributed by atoms with van der Waals surface area (Å²) < 4.78 is 6.32. The minimum atomic E-state index is -1.37. The summed E-state index contributed by atoms with van der Waals surface area (Å²) in [6, 6.07) is 0. The number of aliphatic hydroxyl groups excluding tert-OH is 2. The number of hydrogen-bond acceptors (Lipinski definition) is 4. The molecule has 1 heterocycles. The van der Waals surface area contributed by atoms with Crippen LogP contribution in [0.15, 0.2) is 0 Å². The van der Waals surface area contributed by atoms with Gasteiger partial charge in [-0.2, -0.15) is 0 Å². The van der Waals surface area contributed by atoms with E-state index in [0.29, 0.717) is 11.5 Å². The molecule has 4 heteroatoms. The number of unbranched alkanes of at least 4 members (excludes halogenated alkanes) is 1. The van der Waals surface area contributed by atoms with Crippen LogP contribution >= 0.6 is 0 Å². The monoisotopic (exact) mass is 476 g/mol. The van der Waals surface area contributed by atoms with Crippen LogP contribution in [0.4, 0.5) is 0 Å². The normalized spacial score (nSPS) is 46.7. The Morgan fingerprint density at radius 2 is 1.65 bits per heavy atom. The first-order chi connectivity index (χ1) is 16.5. The van der Waals surface area contributed by atoms with Gasteiger partial charge in [-0.3, -0.25) is 0 Å². The third-order valence-electron chi connectivity index (χ3n) is 11.2. The number of aliphatic hydroxyl groups is 3. The van der Waals surface area contributed by atoms with E-state index < -0.39 is 12.4 Å². The highest BCUT2D eigenvalue weighted by Gasteiger charge is 2.65. The molecule has 34 heavy (non-hydrogen) atoms. The van der Waals surface area contributed by atoms with Crippen LogP contribution in [-0.2, 0) is 4.74 Å². The van der Waals surface area contributed by atoms with Gasteiger partial charge in [0.2, 0.25) is 0 Å². The van der Waals surface area contributed by atoms with E-state index in [1.807, 2.05) is 0 Å². The molecule has 0 bridgehead atoms. The maximum absolute atomic E-state index is 10.2. The van der Waals surface area contributed by atoms with Crippen LogP contribution in [0.2, 0.25) is 0 Å². The van der Waals surface area contributed by atoms with Crippen LogP contribution in [0.5, 0.6) is 0 Å². The summed E-state index contributed by atoms with van der Waals surface area (Å²) in [4.78, 5) is 0. The molecule has 0 aromatic carbocycles. The van der Waals surface area contributed by atoms with E-state index in [1.165, 1.54) is 89.9 Å². The molecule has 196 valence electrons. The number of hydrogen-bond donors (Lipinski definition) is 3. The molecule has 5 aliphatic rings. The Bertz CT molecular complexity index is 652. The van der Waals surface area contributed by atoms with Gasteiger partial charge in [-0.05, 0) is 85.9 Å². The van der Waals surface area contributed by atoms with E-state index >= 15 is 0 Å². The Hall–Kier alpha value is -0.160. The molecule has 0 aromatic rings. The van der Waals surface area contributed by atoms with Crippen molar-refractivity contribution in [3.8, 4) is 0 Å². The van der Waals surface area contributed by atoms with Crippen LogP contribution in [0.1, 0.15) is 116 Å². The zero-order valence-electron chi connectivity index (χ0n) is 21.8. The predicted octanol–water partition coefficient (Wildman–Crippen LogP) is 6.06. The molecule has 4 saturated carbocycles. The fourth-order valence-corrected chi connectivity index (χ4v) is 8.94. The fourth-order valence-electron chi connectivity index (χ4n) is 8.94. The largest absolute Gasteiger partial charge is 0.393 e. The van der Waals surface area contributed by atoms with E-state index in [2.05, 4.69) is 6.92 Å². The Morgan fingerprint density at radius 1 is 0.882 bits per heavy atom. The molecule has 0 amide bonds. The highest BCUT2D eigenvalue weighted by Crippen LogP contribution is 2.72. The lowest BCUT2D eigenvalue weighted by Crippen LogP contribution is -2.38. The van der Waals surface area contributed by atoms with Crippen molar-refractivity contribution < 1.29 is 20.1 Å². The number of rotatable bonds is 10. The van der Waals surface area contributed by atoms with Crippen molar-refractivity contribution in [2.45, 2.75) is 135 Å². The van der Waals surface area contributed by atoms with Crippen LogP contribution in [-0.4, -0.2) is 40.4 Å². The average molecular weight is 477 g/mol. The van der Waals surface area contributed by atoms with Gasteiger partial charge >= 0.3 is 0 Å². The summed E-state index contributed by atoms with van der Waals surface area (Å²) in [5, 5.41) is 29.6. The molecule has 10 unspecified atom stereocenters. The van der Waals surface area contributed by atoms with E-state index in [4.69, 9.17) is 4.74 Å². The summed E-state index contributed by atoms with van der Waals surface area (Å²) in [5.74, 6) is 4.83. The summed E-state index contributed by atoms with van der Waals surface area (Å²) >= 11 is 0. The van der Waals surface area contributed by atoms with Gasteiger partial charge in [-0.1, -0.05) is 71.1 Å². The summed E-state index contributed by atoms with van der Waals surface area (Å²) in [6.45, 7) is 3.31. The second-order valence-electron chi connectivity index (χ2n) is 13.3. The zero-order chi connectivity index (χ0) is 23.7. The summed E-state index contributed by atoms with van der Waals surface area (Å²) in [7, 11) is 0. The van der Waals surface area contributed by atoms with Gasteiger partial charge in [0, 0.05) is 5.92 Å². The minimum Gasteiger partial charge on any atom is -0.393 e. The van der Waals surface area contributed by atoms with E-state index in [1.54, 1.807) is 0 Å². The highest BCUT2D eigenvalue weighted by molar-refractivity contribution is 5.14. The highest BCUT2D eigenvalue weighted by atomic mass is 16.5. The molecule has 0 aromatic heterocycles. The van der Waals surface area contributed by atoms with Gasteiger partial charge < -0.3 is 20.1 Å². The van der Waals surface area contributed by atoms with Crippen molar-refractivity contribution in [1.29, 1.82) is 0 Å². The number of ether oxygens (including phenoxy) is 1. The second-order valence-corrected chi connectivity index (χ2v) is 13.3.